The summed E-state index contributed by atoms with van der Waals surface area (Å²) in [6.07, 6.45) is 0. The predicted molar refractivity (Wildman–Crippen MR) is 80.0 cm³/mol. The van der Waals surface area contributed by atoms with Gasteiger partial charge < -0.3 is 0 Å². The highest BCUT2D eigenvalue weighted by molar-refractivity contribution is 8.01. The van der Waals surface area contributed by atoms with Gasteiger partial charge in [-0.2, -0.15) is 0 Å². The molecular weight excluding hydrogens is 336 g/mol. The largest absolute Gasteiger partial charge is 0.296 e. The second kappa shape index (κ2) is 7.36. The van der Waals surface area contributed by atoms with Crippen LogP contribution >= 0.6 is 34.7 Å². The molecular formula is C11H9ClN4O3S2. The SMILES string of the molecule is O=C(CSc1nnc(NC(=O)c2ccccc2Cl)s1)NO. The molecule has 3 N–H and O–H groups in total. The molecule has 0 aliphatic heterocycles. The van der Waals surface area contributed by atoms with Crippen LogP contribution in [0.1, 0.15) is 10.4 Å². The quantitative estimate of drug-likeness (QED) is 0.332. The average Bonchev–Trinajstić information content (AvgIpc) is 2.92. The fraction of sp³-hybridized carbons (Fsp3) is 0.0909. The fourth-order valence-corrected chi connectivity index (χ4v) is 3.05. The molecule has 0 aliphatic carbocycles. The van der Waals surface area contributed by atoms with Gasteiger partial charge in [0.2, 0.25) is 5.13 Å². The predicted octanol–water partition coefficient (Wildman–Crippen LogP) is 2.04. The molecule has 0 saturated heterocycles. The number of hydrogen-bond donors (Lipinski definition) is 3. The van der Waals surface area contributed by atoms with Gasteiger partial charge in [0.05, 0.1) is 16.3 Å². The Labute approximate surface area is 132 Å². The molecule has 0 fully saturated rings. The summed E-state index contributed by atoms with van der Waals surface area (Å²) in [5.41, 5.74) is 1.85. The number of amides is 2. The third-order valence-corrected chi connectivity index (χ3v) is 4.50. The summed E-state index contributed by atoms with van der Waals surface area (Å²) in [5, 5.41) is 19.2. The lowest BCUT2D eigenvalue weighted by Crippen LogP contribution is -2.20. The third-order valence-electron chi connectivity index (χ3n) is 2.20. The molecule has 0 bridgehead atoms. The summed E-state index contributed by atoms with van der Waals surface area (Å²) in [4.78, 5) is 22.9. The van der Waals surface area contributed by atoms with Crippen LogP contribution < -0.4 is 10.8 Å². The number of carbonyl (C=O) groups excluding carboxylic acids is 2. The van der Waals surface area contributed by atoms with Crippen molar-refractivity contribution in [2.24, 2.45) is 0 Å². The first kappa shape index (κ1) is 15.7. The Balaban J connectivity index is 1.98. The van der Waals surface area contributed by atoms with Crippen LogP contribution in [0.2, 0.25) is 5.02 Å². The van der Waals surface area contributed by atoms with Crippen molar-refractivity contribution in [3.8, 4) is 0 Å². The summed E-state index contributed by atoms with van der Waals surface area (Å²) in [7, 11) is 0. The molecule has 0 spiro atoms. The molecule has 2 amide bonds. The minimum atomic E-state index is -0.545. The second-order valence-corrected chi connectivity index (χ2v) is 6.24. The van der Waals surface area contributed by atoms with E-state index in [0.717, 1.165) is 23.1 Å². The van der Waals surface area contributed by atoms with E-state index in [9.17, 15) is 9.59 Å². The van der Waals surface area contributed by atoms with Crippen LogP contribution in [0.5, 0.6) is 0 Å². The first-order valence-electron chi connectivity index (χ1n) is 5.55. The van der Waals surface area contributed by atoms with Gasteiger partial charge >= 0.3 is 0 Å². The zero-order valence-electron chi connectivity index (χ0n) is 10.4. The first-order chi connectivity index (χ1) is 10.1. The molecule has 0 unspecified atom stereocenters. The van der Waals surface area contributed by atoms with Gasteiger partial charge in [-0.15, -0.1) is 10.2 Å². The molecule has 10 heteroatoms. The van der Waals surface area contributed by atoms with E-state index < -0.39 is 5.91 Å². The van der Waals surface area contributed by atoms with E-state index in [1.165, 1.54) is 5.48 Å². The van der Waals surface area contributed by atoms with Crippen LogP contribution in [0, 0.1) is 0 Å². The molecule has 1 heterocycles. The summed E-state index contributed by atoms with van der Waals surface area (Å²) in [6, 6.07) is 6.64. The average molecular weight is 345 g/mol. The highest BCUT2D eigenvalue weighted by Crippen LogP contribution is 2.26. The maximum Gasteiger partial charge on any atom is 0.259 e. The molecule has 2 rings (SSSR count). The number of thioether (sulfide) groups is 1. The van der Waals surface area contributed by atoms with Crippen molar-refractivity contribution < 1.29 is 14.8 Å². The van der Waals surface area contributed by atoms with Crippen molar-refractivity contribution in [1.29, 1.82) is 0 Å². The van der Waals surface area contributed by atoms with Crippen LogP contribution in [0.25, 0.3) is 0 Å². The molecule has 7 nitrogen and oxygen atoms in total. The molecule has 1 aromatic heterocycles. The lowest BCUT2D eigenvalue weighted by atomic mass is 10.2. The van der Waals surface area contributed by atoms with E-state index in [1.807, 2.05) is 0 Å². The van der Waals surface area contributed by atoms with Gasteiger partial charge in [-0.25, -0.2) is 5.48 Å². The van der Waals surface area contributed by atoms with E-state index >= 15 is 0 Å². The number of nitrogens with zero attached hydrogens (tertiary/aromatic N) is 2. The van der Waals surface area contributed by atoms with Crippen LogP contribution in [0.4, 0.5) is 5.13 Å². The Morgan fingerprint density at radius 1 is 1.33 bits per heavy atom. The Morgan fingerprint density at radius 2 is 2.10 bits per heavy atom. The number of benzene rings is 1. The summed E-state index contributed by atoms with van der Waals surface area (Å²) in [5.74, 6) is -0.929. The highest BCUT2D eigenvalue weighted by Gasteiger charge is 2.13. The summed E-state index contributed by atoms with van der Waals surface area (Å²) in [6.45, 7) is 0. The van der Waals surface area contributed by atoms with E-state index in [1.54, 1.807) is 24.3 Å². The Bertz CT molecular complexity index is 664. The second-order valence-electron chi connectivity index (χ2n) is 3.63. The number of aromatic nitrogens is 2. The smallest absolute Gasteiger partial charge is 0.259 e. The number of hydroxylamine groups is 1. The Morgan fingerprint density at radius 3 is 2.81 bits per heavy atom. The lowest BCUT2D eigenvalue weighted by molar-refractivity contribution is -0.126. The molecule has 0 atom stereocenters. The number of anilines is 1. The van der Waals surface area contributed by atoms with E-state index in [0.29, 0.717) is 20.1 Å². The van der Waals surface area contributed by atoms with Crippen molar-refractivity contribution >= 4 is 51.6 Å². The van der Waals surface area contributed by atoms with Crippen LogP contribution in [-0.4, -0.2) is 33.0 Å². The van der Waals surface area contributed by atoms with Crippen LogP contribution in [0.15, 0.2) is 28.6 Å². The van der Waals surface area contributed by atoms with Crippen molar-refractivity contribution in [3.05, 3.63) is 34.9 Å². The highest BCUT2D eigenvalue weighted by atomic mass is 35.5. The zero-order valence-corrected chi connectivity index (χ0v) is 12.8. The normalized spacial score (nSPS) is 10.2. The van der Waals surface area contributed by atoms with Gasteiger partial charge in [0.25, 0.3) is 11.8 Å². The maximum absolute atomic E-state index is 12.0. The van der Waals surface area contributed by atoms with Crippen molar-refractivity contribution in [1.82, 2.24) is 15.7 Å². The van der Waals surface area contributed by atoms with Gasteiger partial charge in [0.15, 0.2) is 4.34 Å². The summed E-state index contributed by atoms with van der Waals surface area (Å²) < 4.78 is 0.494. The molecule has 0 radical (unpaired) electrons. The Kier molecular flexibility index (Phi) is 5.51. The number of carbonyl (C=O) groups is 2. The topological polar surface area (TPSA) is 104 Å². The molecule has 2 aromatic rings. The van der Waals surface area contributed by atoms with Gasteiger partial charge in [0, 0.05) is 0 Å². The van der Waals surface area contributed by atoms with E-state index in [2.05, 4.69) is 15.5 Å². The molecule has 0 aliphatic rings. The fourth-order valence-electron chi connectivity index (χ4n) is 1.29. The van der Waals surface area contributed by atoms with Crippen molar-refractivity contribution in [2.75, 3.05) is 11.1 Å². The lowest BCUT2D eigenvalue weighted by Gasteiger charge is -2.02. The third kappa shape index (κ3) is 4.39. The van der Waals surface area contributed by atoms with Crippen molar-refractivity contribution in [3.63, 3.8) is 0 Å². The number of halogens is 1. The van der Waals surface area contributed by atoms with E-state index in [4.69, 9.17) is 16.8 Å². The van der Waals surface area contributed by atoms with Crippen LogP contribution in [-0.2, 0) is 4.79 Å². The summed E-state index contributed by atoms with van der Waals surface area (Å²) >= 11 is 8.14. The van der Waals surface area contributed by atoms with Crippen molar-refractivity contribution in [2.45, 2.75) is 4.34 Å². The maximum atomic E-state index is 12.0. The monoisotopic (exact) mass is 344 g/mol. The molecule has 1 aromatic carbocycles. The van der Waals surface area contributed by atoms with Gasteiger partial charge in [0.1, 0.15) is 0 Å². The first-order valence-corrected chi connectivity index (χ1v) is 7.73. The Hall–Kier alpha value is -1.68. The van der Waals surface area contributed by atoms with Gasteiger partial charge in [-0.1, -0.05) is 46.8 Å². The van der Waals surface area contributed by atoms with Gasteiger partial charge in [-0.3, -0.25) is 20.1 Å². The molecule has 110 valence electrons. The van der Waals surface area contributed by atoms with E-state index in [-0.39, 0.29) is 11.7 Å². The molecule has 0 saturated carbocycles. The van der Waals surface area contributed by atoms with Crippen LogP contribution in [0.3, 0.4) is 0 Å². The number of rotatable bonds is 5. The number of nitrogens with one attached hydrogen (secondary N) is 2. The zero-order chi connectivity index (χ0) is 15.2. The minimum absolute atomic E-state index is 0.00356. The standard InChI is InChI=1S/C11H9ClN4O3S2/c12-7-4-2-1-3-6(7)9(18)13-10-14-15-11(21-10)20-5-8(17)16-19/h1-4,19H,5H2,(H,16,17)(H,13,14,18). The van der Waals surface area contributed by atoms with Gasteiger partial charge in [-0.05, 0) is 12.1 Å². The molecule has 21 heavy (non-hydrogen) atoms. The minimum Gasteiger partial charge on any atom is -0.296 e. The number of hydrogen-bond acceptors (Lipinski definition) is 7.